The summed E-state index contributed by atoms with van der Waals surface area (Å²) < 4.78 is 5.51. The van der Waals surface area contributed by atoms with E-state index in [9.17, 15) is 0 Å². The monoisotopic (exact) mass is 216 g/mol. The molecule has 16 heavy (non-hydrogen) atoms. The van der Waals surface area contributed by atoms with E-state index >= 15 is 0 Å². The van der Waals surface area contributed by atoms with Gasteiger partial charge in [-0.25, -0.2) is 0 Å². The molecule has 0 radical (unpaired) electrons. The summed E-state index contributed by atoms with van der Waals surface area (Å²) in [5, 5.41) is 12.0. The molecule has 0 unspecified atom stereocenters. The zero-order valence-corrected chi connectivity index (χ0v) is 9.28. The van der Waals surface area contributed by atoms with Gasteiger partial charge in [0, 0.05) is 18.8 Å². The van der Waals surface area contributed by atoms with E-state index in [-0.39, 0.29) is 0 Å². The van der Waals surface area contributed by atoms with Crippen molar-refractivity contribution >= 4 is 5.69 Å². The third kappa shape index (κ3) is 3.56. The van der Waals surface area contributed by atoms with Crippen molar-refractivity contribution < 1.29 is 4.74 Å². The number of benzene rings is 1. The molecule has 1 aliphatic carbocycles. The normalized spacial score (nSPS) is 14.4. The second-order valence-corrected chi connectivity index (χ2v) is 4.14. The summed E-state index contributed by atoms with van der Waals surface area (Å²) in [6.45, 7) is 2.43. The molecular weight excluding hydrogens is 200 g/mol. The lowest BCUT2D eigenvalue weighted by molar-refractivity contribution is 0.134. The summed E-state index contributed by atoms with van der Waals surface area (Å²) in [6.07, 6.45) is 2.66. The highest BCUT2D eigenvalue weighted by molar-refractivity contribution is 5.48. The van der Waals surface area contributed by atoms with Gasteiger partial charge in [0.15, 0.2) is 0 Å². The molecule has 0 aliphatic heterocycles. The maximum absolute atomic E-state index is 8.74. The van der Waals surface area contributed by atoms with Crippen LogP contribution in [0.3, 0.4) is 0 Å². The standard InChI is InChI=1S/C13H16N2O/c14-9-12-2-1-3-13(8-12)15-6-7-16-10-11-4-5-11/h1-3,8,11,15H,4-7,10H2. The Labute approximate surface area is 96.0 Å². The Morgan fingerprint density at radius 1 is 1.44 bits per heavy atom. The number of anilines is 1. The topological polar surface area (TPSA) is 45.0 Å². The van der Waals surface area contributed by atoms with Crippen LogP contribution in [0.15, 0.2) is 24.3 Å². The quantitative estimate of drug-likeness (QED) is 0.743. The number of hydrogen-bond donors (Lipinski definition) is 1. The van der Waals surface area contributed by atoms with Crippen LogP contribution in [0.5, 0.6) is 0 Å². The fourth-order valence-electron chi connectivity index (χ4n) is 1.50. The Morgan fingerprint density at radius 2 is 2.31 bits per heavy atom. The minimum Gasteiger partial charge on any atom is -0.383 e. The van der Waals surface area contributed by atoms with Gasteiger partial charge in [-0.1, -0.05) is 6.07 Å². The highest BCUT2D eigenvalue weighted by atomic mass is 16.5. The molecule has 84 valence electrons. The maximum Gasteiger partial charge on any atom is 0.0992 e. The van der Waals surface area contributed by atoms with Crippen molar-refractivity contribution in [2.24, 2.45) is 5.92 Å². The van der Waals surface area contributed by atoms with Gasteiger partial charge in [0.25, 0.3) is 0 Å². The first-order chi connectivity index (χ1) is 7.88. The van der Waals surface area contributed by atoms with Crippen LogP contribution in [0.4, 0.5) is 5.69 Å². The van der Waals surface area contributed by atoms with Crippen LogP contribution in [-0.4, -0.2) is 19.8 Å². The van der Waals surface area contributed by atoms with E-state index in [0.29, 0.717) is 5.56 Å². The molecule has 1 fully saturated rings. The Hall–Kier alpha value is -1.53. The van der Waals surface area contributed by atoms with Crippen molar-refractivity contribution in [3.63, 3.8) is 0 Å². The van der Waals surface area contributed by atoms with E-state index in [1.54, 1.807) is 6.07 Å². The summed E-state index contributed by atoms with van der Waals surface area (Å²) in [5.41, 5.74) is 1.66. The third-order valence-corrected chi connectivity index (χ3v) is 2.62. The molecular formula is C13H16N2O. The first-order valence-electron chi connectivity index (χ1n) is 5.70. The number of nitriles is 1. The molecule has 1 N–H and O–H groups in total. The fourth-order valence-corrected chi connectivity index (χ4v) is 1.50. The van der Waals surface area contributed by atoms with Crippen molar-refractivity contribution in [2.45, 2.75) is 12.8 Å². The summed E-state index contributed by atoms with van der Waals surface area (Å²) in [6, 6.07) is 9.61. The van der Waals surface area contributed by atoms with Gasteiger partial charge in [-0.3, -0.25) is 0 Å². The minimum absolute atomic E-state index is 0.684. The Bertz CT molecular complexity index is 380. The molecule has 1 aromatic carbocycles. The van der Waals surface area contributed by atoms with Gasteiger partial charge in [0.1, 0.15) is 0 Å². The Kier molecular flexibility index (Phi) is 3.79. The molecule has 0 heterocycles. The number of hydrogen-bond acceptors (Lipinski definition) is 3. The fraction of sp³-hybridized carbons (Fsp3) is 0.462. The van der Waals surface area contributed by atoms with Crippen LogP contribution in [-0.2, 0) is 4.74 Å². The zero-order valence-electron chi connectivity index (χ0n) is 9.28. The average molecular weight is 216 g/mol. The number of nitrogens with zero attached hydrogens (tertiary/aromatic N) is 1. The molecule has 0 saturated heterocycles. The molecule has 1 saturated carbocycles. The molecule has 0 aromatic heterocycles. The van der Waals surface area contributed by atoms with E-state index < -0.39 is 0 Å². The lowest BCUT2D eigenvalue weighted by atomic mass is 10.2. The Balaban J connectivity index is 1.65. The second kappa shape index (κ2) is 5.53. The molecule has 0 amide bonds. The molecule has 3 heteroatoms. The maximum atomic E-state index is 8.74. The van der Waals surface area contributed by atoms with Crippen LogP contribution >= 0.6 is 0 Å². The molecule has 2 rings (SSSR count). The molecule has 1 aliphatic rings. The second-order valence-electron chi connectivity index (χ2n) is 4.14. The summed E-state index contributed by atoms with van der Waals surface area (Å²) in [4.78, 5) is 0. The van der Waals surface area contributed by atoms with Gasteiger partial charge in [0.2, 0.25) is 0 Å². The predicted molar refractivity (Wildman–Crippen MR) is 63.2 cm³/mol. The van der Waals surface area contributed by atoms with E-state index in [0.717, 1.165) is 31.4 Å². The highest BCUT2D eigenvalue weighted by Gasteiger charge is 2.20. The van der Waals surface area contributed by atoms with Gasteiger partial charge in [-0.2, -0.15) is 5.26 Å². The van der Waals surface area contributed by atoms with Crippen molar-refractivity contribution in [1.29, 1.82) is 5.26 Å². The van der Waals surface area contributed by atoms with Gasteiger partial charge in [-0.05, 0) is 37.0 Å². The number of rotatable bonds is 6. The van der Waals surface area contributed by atoms with Gasteiger partial charge >= 0.3 is 0 Å². The van der Waals surface area contributed by atoms with Crippen LogP contribution in [0.1, 0.15) is 18.4 Å². The molecule has 1 aromatic rings. The van der Waals surface area contributed by atoms with Crippen molar-refractivity contribution in [3.8, 4) is 6.07 Å². The zero-order chi connectivity index (χ0) is 11.2. The van der Waals surface area contributed by atoms with E-state index in [1.165, 1.54) is 12.8 Å². The third-order valence-electron chi connectivity index (χ3n) is 2.62. The lowest BCUT2D eigenvalue weighted by Gasteiger charge is -2.07. The number of ether oxygens (including phenoxy) is 1. The first kappa shape index (κ1) is 11.0. The van der Waals surface area contributed by atoms with Crippen LogP contribution in [0.2, 0.25) is 0 Å². The van der Waals surface area contributed by atoms with Crippen molar-refractivity contribution in [2.75, 3.05) is 25.1 Å². The average Bonchev–Trinajstić information content (AvgIpc) is 3.13. The van der Waals surface area contributed by atoms with Gasteiger partial charge in [0.05, 0.1) is 18.2 Å². The van der Waals surface area contributed by atoms with Crippen LogP contribution < -0.4 is 5.32 Å². The lowest BCUT2D eigenvalue weighted by Crippen LogP contribution is -2.10. The van der Waals surface area contributed by atoms with Gasteiger partial charge < -0.3 is 10.1 Å². The van der Waals surface area contributed by atoms with Crippen molar-refractivity contribution in [3.05, 3.63) is 29.8 Å². The van der Waals surface area contributed by atoms with E-state index in [1.807, 2.05) is 18.2 Å². The van der Waals surface area contributed by atoms with Gasteiger partial charge in [-0.15, -0.1) is 0 Å². The minimum atomic E-state index is 0.684. The highest BCUT2D eigenvalue weighted by Crippen LogP contribution is 2.28. The smallest absolute Gasteiger partial charge is 0.0992 e. The first-order valence-corrected chi connectivity index (χ1v) is 5.70. The summed E-state index contributed by atoms with van der Waals surface area (Å²) in [5.74, 6) is 0.821. The molecule has 0 atom stereocenters. The van der Waals surface area contributed by atoms with E-state index in [2.05, 4.69) is 11.4 Å². The largest absolute Gasteiger partial charge is 0.383 e. The van der Waals surface area contributed by atoms with Crippen molar-refractivity contribution in [1.82, 2.24) is 0 Å². The van der Waals surface area contributed by atoms with Crippen LogP contribution in [0, 0.1) is 17.2 Å². The molecule has 0 spiro atoms. The molecule has 0 bridgehead atoms. The predicted octanol–water partition coefficient (Wildman–Crippen LogP) is 2.40. The van der Waals surface area contributed by atoms with Crippen LogP contribution in [0.25, 0.3) is 0 Å². The molecule has 3 nitrogen and oxygen atoms in total. The Morgan fingerprint density at radius 3 is 3.06 bits per heavy atom. The van der Waals surface area contributed by atoms with E-state index in [4.69, 9.17) is 10.00 Å². The summed E-state index contributed by atoms with van der Waals surface area (Å²) in [7, 11) is 0. The SMILES string of the molecule is N#Cc1cccc(NCCOCC2CC2)c1. The summed E-state index contributed by atoms with van der Waals surface area (Å²) >= 11 is 0. The number of nitrogens with one attached hydrogen (secondary N) is 1.